The number of aromatic nitrogens is 7. The zero-order valence-corrected chi connectivity index (χ0v) is 15.3. The second-order valence-corrected chi connectivity index (χ2v) is 7.35. The molecule has 0 atom stereocenters. The Balaban J connectivity index is 1.39. The van der Waals surface area contributed by atoms with Crippen LogP contribution in [0, 0.1) is 0 Å². The molecule has 0 spiro atoms. The summed E-state index contributed by atoms with van der Waals surface area (Å²) < 4.78 is 3.73. The molecule has 5 rings (SSSR count). The topological polar surface area (TPSA) is 74.3 Å². The summed E-state index contributed by atoms with van der Waals surface area (Å²) in [7, 11) is 0. The van der Waals surface area contributed by atoms with E-state index in [1.54, 1.807) is 16.4 Å². The lowest BCUT2D eigenvalue weighted by Gasteiger charge is -2.03. The van der Waals surface area contributed by atoms with Gasteiger partial charge in [0, 0.05) is 5.92 Å². The Kier molecular flexibility index (Phi) is 4.17. The minimum atomic E-state index is 0.515. The molecule has 1 saturated carbocycles. The van der Waals surface area contributed by atoms with Crippen LogP contribution in [0.2, 0.25) is 0 Å². The van der Waals surface area contributed by atoms with Gasteiger partial charge in [0.2, 0.25) is 5.16 Å². The summed E-state index contributed by atoms with van der Waals surface area (Å²) >= 11 is 1.56. The molecular formula is C19H17N7S. The van der Waals surface area contributed by atoms with Crippen LogP contribution >= 0.6 is 11.8 Å². The molecular weight excluding hydrogens is 358 g/mol. The van der Waals surface area contributed by atoms with E-state index in [0.717, 1.165) is 28.2 Å². The summed E-state index contributed by atoms with van der Waals surface area (Å²) in [5.74, 6) is 2.94. The lowest BCUT2D eigenvalue weighted by molar-refractivity contribution is 0.776. The standard InChI is InChI=1S/C19H17N7S/c1-3-7-15(8-4-1)25-17(21-23-24-25)13-27-19-20-18(14-11-12-14)26(22-19)16-9-5-2-6-10-16/h1-10,14H,11-13H2. The molecule has 27 heavy (non-hydrogen) atoms. The molecule has 1 fully saturated rings. The Morgan fingerprint density at radius 3 is 2.22 bits per heavy atom. The van der Waals surface area contributed by atoms with Gasteiger partial charge in [-0.2, -0.15) is 4.68 Å². The smallest absolute Gasteiger partial charge is 0.209 e. The second-order valence-electron chi connectivity index (χ2n) is 6.41. The van der Waals surface area contributed by atoms with Gasteiger partial charge in [-0.05, 0) is 47.5 Å². The van der Waals surface area contributed by atoms with Gasteiger partial charge in [0.25, 0.3) is 0 Å². The number of para-hydroxylation sites is 2. The van der Waals surface area contributed by atoms with Gasteiger partial charge in [-0.25, -0.2) is 9.67 Å². The SMILES string of the molecule is c1ccc(-n2nnnc2CSc2nc(C3CC3)n(-c3ccccc3)n2)cc1. The number of thioether (sulfide) groups is 1. The molecule has 2 heterocycles. The van der Waals surface area contributed by atoms with E-state index in [4.69, 9.17) is 10.1 Å². The largest absolute Gasteiger partial charge is 0.216 e. The maximum absolute atomic E-state index is 4.79. The average Bonchev–Trinajstić information content (AvgIpc) is 3.31. The van der Waals surface area contributed by atoms with Crippen LogP contribution in [0.3, 0.4) is 0 Å². The van der Waals surface area contributed by atoms with E-state index < -0.39 is 0 Å². The summed E-state index contributed by atoms with van der Waals surface area (Å²) in [5.41, 5.74) is 1.99. The van der Waals surface area contributed by atoms with Gasteiger partial charge in [-0.3, -0.25) is 0 Å². The average molecular weight is 375 g/mol. The number of hydrogen-bond acceptors (Lipinski definition) is 6. The highest BCUT2D eigenvalue weighted by atomic mass is 32.2. The molecule has 0 radical (unpaired) electrons. The molecule has 0 unspecified atom stereocenters. The summed E-state index contributed by atoms with van der Waals surface area (Å²) in [6.45, 7) is 0. The number of nitrogens with zero attached hydrogens (tertiary/aromatic N) is 7. The van der Waals surface area contributed by atoms with Gasteiger partial charge in [0.1, 0.15) is 5.82 Å². The Morgan fingerprint density at radius 1 is 0.889 bits per heavy atom. The number of benzene rings is 2. The van der Waals surface area contributed by atoms with Crippen molar-refractivity contribution in [2.45, 2.75) is 29.7 Å². The molecule has 0 aliphatic heterocycles. The minimum Gasteiger partial charge on any atom is -0.216 e. The zero-order valence-electron chi connectivity index (χ0n) is 14.5. The van der Waals surface area contributed by atoms with Crippen LogP contribution in [0.5, 0.6) is 0 Å². The van der Waals surface area contributed by atoms with Crippen molar-refractivity contribution in [1.29, 1.82) is 0 Å². The first-order valence-electron chi connectivity index (χ1n) is 8.86. The van der Waals surface area contributed by atoms with Gasteiger partial charge < -0.3 is 0 Å². The predicted molar refractivity (Wildman–Crippen MR) is 102 cm³/mol. The van der Waals surface area contributed by atoms with Crippen molar-refractivity contribution in [2.24, 2.45) is 0 Å². The molecule has 2 aromatic carbocycles. The molecule has 8 heteroatoms. The molecule has 0 saturated heterocycles. The molecule has 4 aromatic rings. The highest BCUT2D eigenvalue weighted by Gasteiger charge is 2.30. The van der Waals surface area contributed by atoms with E-state index in [-0.39, 0.29) is 0 Å². The van der Waals surface area contributed by atoms with Crippen LogP contribution in [0.25, 0.3) is 11.4 Å². The minimum absolute atomic E-state index is 0.515. The first-order valence-corrected chi connectivity index (χ1v) is 9.85. The van der Waals surface area contributed by atoms with Crippen LogP contribution < -0.4 is 0 Å². The summed E-state index contributed by atoms with van der Waals surface area (Å²) in [6.07, 6.45) is 2.36. The lowest BCUT2D eigenvalue weighted by atomic mass is 10.3. The number of rotatable bonds is 6. The molecule has 0 amide bonds. The van der Waals surface area contributed by atoms with E-state index in [9.17, 15) is 0 Å². The molecule has 2 aromatic heterocycles. The normalized spacial score (nSPS) is 13.8. The van der Waals surface area contributed by atoms with Crippen molar-refractivity contribution in [3.63, 3.8) is 0 Å². The zero-order chi connectivity index (χ0) is 18.1. The fourth-order valence-corrected chi connectivity index (χ4v) is 3.66. The molecule has 134 valence electrons. The van der Waals surface area contributed by atoms with E-state index >= 15 is 0 Å². The third-order valence-corrected chi connectivity index (χ3v) is 5.25. The summed E-state index contributed by atoms with van der Waals surface area (Å²) in [6, 6.07) is 20.1. The van der Waals surface area contributed by atoms with Gasteiger partial charge in [0.05, 0.1) is 17.1 Å². The monoisotopic (exact) mass is 375 g/mol. The first-order chi connectivity index (χ1) is 13.4. The first kappa shape index (κ1) is 16.2. The maximum atomic E-state index is 4.79. The molecule has 1 aliphatic rings. The van der Waals surface area contributed by atoms with Crippen molar-refractivity contribution in [3.05, 3.63) is 72.3 Å². The van der Waals surface area contributed by atoms with Crippen LogP contribution in [0.4, 0.5) is 0 Å². The van der Waals surface area contributed by atoms with Crippen molar-refractivity contribution in [2.75, 3.05) is 0 Å². The second kappa shape index (κ2) is 6.96. The Morgan fingerprint density at radius 2 is 1.56 bits per heavy atom. The van der Waals surface area contributed by atoms with Crippen LogP contribution in [-0.4, -0.2) is 35.0 Å². The van der Waals surface area contributed by atoms with Crippen LogP contribution in [0.1, 0.15) is 30.4 Å². The van der Waals surface area contributed by atoms with Crippen molar-refractivity contribution in [1.82, 2.24) is 35.0 Å². The van der Waals surface area contributed by atoms with Gasteiger partial charge >= 0.3 is 0 Å². The quantitative estimate of drug-likeness (QED) is 0.481. The molecule has 7 nitrogen and oxygen atoms in total. The van der Waals surface area contributed by atoms with Crippen molar-refractivity contribution >= 4 is 11.8 Å². The fraction of sp³-hybridized carbons (Fsp3) is 0.211. The molecule has 0 N–H and O–H groups in total. The van der Waals surface area contributed by atoms with Crippen molar-refractivity contribution in [3.8, 4) is 11.4 Å². The number of hydrogen-bond donors (Lipinski definition) is 0. The molecule has 0 bridgehead atoms. The van der Waals surface area contributed by atoms with Crippen molar-refractivity contribution < 1.29 is 0 Å². The van der Waals surface area contributed by atoms with Crippen LogP contribution in [0.15, 0.2) is 65.8 Å². The third-order valence-electron chi connectivity index (χ3n) is 4.42. The van der Waals surface area contributed by atoms with E-state index in [2.05, 4.69) is 27.7 Å². The Labute approximate surface area is 160 Å². The van der Waals surface area contributed by atoms with Gasteiger partial charge in [0.15, 0.2) is 5.82 Å². The number of tetrazole rings is 1. The maximum Gasteiger partial charge on any atom is 0.209 e. The highest BCUT2D eigenvalue weighted by molar-refractivity contribution is 7.98. The van der Waals surface area contributed by atoms with E-state index in [1.807, 2.05) is 53.2 Å². The Hall–Kier alpha value is -3.00. The Bertz CT molecular complexity index is 1040. The summed E-state index contributed by atoms with van der Waals surface area (Å²) in [4.78, 5) is 4.79. The summed E-state index contributed by atoms with van der Waals surface area (Å²) in [5, 5.41) is 17.6. The fourth-order valence-electron chi connectivity index (χ4n) is 2.93. The van der Waals surface area contributed by atoms with Gasteiger partial charge in [-0.1, -0.05) is 48.2 Å². The highest BCUT2D eigenvalue weighted by Crippen LogP contribution is 2.40. The van der Waals surface area contributed by atoms with E-state index in [1.165, 1.54) is 12.8 Å². The van der Waals surface area contributed by atoms with Crippen LogP contribution in [-0.2, 0) is 5.75 Å². The lowest BCUT2D eigenvalue weighted by Crippen LogP contribution is -2.02. The third kappa shape index (κ3) is 3.35. The molecule has 1 aliphatic carbocycles. The predicted octanol–water partition coefficient (Wildman–Crippen LogP) is 3.41. The van der Waals surface area contributed by atoms with E-state index in [0.29, 0.717) is 11.7 Å². The van der Waals surface area contributed by atoms with Gasteiger partial charge in [-0.15, -0.1) is 10.2 Å².